The van der Waals surface area contributed by atoms with Gasteiger partial charge >= 0.3 is 0 Å². The Morgan fingerprint density at radius 1 is 1.31 bits per heavy atom. The van der Waals surface area contributed by atoms with E-state index in [9.17, 15) is 4.79 Å². The first-order valence-corrected chi connectivity index (χ1v) is 6.74. The number of carbonyl (C=O) groups is 1. The van der Waals surface area contributed by atoms with Crippen LogP contribution in [0.4, 0.5) is 0 Å². The minimum atomic E-state index is 0.0950. The van der Waals surface area contributed by atoms with Crippen molar-refractivity contribution in [3.05, 3.63) is 0 Å². The van der Waals surface area contributed by atoms with Crippen molar-refractivity contribution < 1.29 is 4.79 Å². The van der Waals surface area contributed by atoms with Gasteiger partial charge in [0.15, 0.2) is 0 Å². The van der Waals surface area contributed by atoms with Gasteiger partial charge in [0.05, 0.1) is 6.04 Å². The van der Waals surface area contributed by atoms with Gasteiger partial charge in [0.25, 0.3) is 0 Å². The second-order valence-electron chi connectivity index (χ2n) is 5.87. The van der Waals surface area contributed by atoms with E-state index in [2.05, 4.69) is 10.2 Å². The molecule has 1 N–H and O–H groups in total. The third-order valence-electron chi connectivity index (χ3n) is 4.72. The van der Waals surface area contributed by atoms with E-state index < -0.39 is 0 Å². The number of likely N-dealkylation sites (tertiary alicyclic amines) is 1. The number of nitrogens with zero attached hydrogens (tertiary/aromatic N) is 1. The summed E-state index contributed by atoms with van der Waals surface area (Å²) in [7, 11) is 1.92. The number of fused-ring (bicyclic) bond motifs is 1. The Morgan fingerprint density at radius 3 is 2.75 bits per heavy atom. The van der Waals surface area contributed by atoms with Crippen LogP contribution < -0.4 is 5.32 Å². The Bertz CT molecular complexity index is 288. The van der Waals surface area contributed by atoms with Crippen LogP contribution >= 0.6 is 0 Å². The van der Waals surface area contributed by atoms with Gasteiger partial charge < -0.3 is 10.2 Å². The van der Waals surface area contributed by atoms with Gasteiger partial charge in [0.2, 0.25) is 5.91 Å². The summed E-state index contributed by atoms with van der Waals surface area (Å²) in [6.07, 6.45) is 6.46. The molecule has 3 unspecified atom stereocenters. The van der Waals surface area contributed by atoms with Gasteiger partial charge in [-0.05, 0) is 50.5 Å². The van der Waals surface area contributed by atoms with E-state index in [1.807, 2.05) is 7.05 Å². The van der Waals surface area contributed by atoms with E-state index in [1.54, 1.807) is 0 Å². The fraction of sp³-hybridized carbons (Fsp3) is 0.923. The van der Waals surface area contributed by atoms with E-state index in [0.717, 1.165) is 37.3 Å². The van der Waals surface area contributed by atoms with E-state index in [1.165, 1.54) is 25.7 Å². The number of carbonyl (C=O) groups excluding carboxylic acids is 1. The van der Waals surface area contributed by atoms with E-state index in [4.69, 9.17) is 0 Å². The van der Waals surface area contributed by atoms with E-state index in [-0.39, 0.29) is 6.04 Å². The molecule has 0 spiro atoms. The molecule has 3 aliphatic rings. The molecule has 2 aliphatic carbocycles. The van der Waals surface area contributed by atoms with Crippen molar-refractivity contribution >= 4 is 5.91 Å². The van der Waals surface area contributed by atoms with Crippen LogP contribution in [0.15, 0.2) is 0 Å². The SMILES string of the molecule is CNC1CC2CC2CN(CC2CCC2)C1=O. The van der Waals surface area contributed by atoms with Crippen molar-refractivity contribution in [2.75, 3.05) is 20.1 Å². The number of rotatable bonds is 3. The standard InChI is InChI=1S/C13H22N2O/c1-14-12-6-10-5-11(10)8-15(13(12)16)7-9-3-2-4-9/h9-12,14H,2-8H2,1H3. The summed E-state index contributed by atoms with van der Waals surface area (Å²) in [6.45, 7) is 2.07. The van der Waals surface area contributed by atoms with Crippen molar-refractivity contribution in [2.45, 2.75) is 38.1 Å². The molecule has 0 aromatic rings. The zero-order valence-electron chi connectivity index (χ0n) is 10.1. The Balaban J connectivity index is 1.66. The lowest BCUT2D eigenvalue weighted by Gasteiger charge is -2.33. The lowest BCUT2D eigenvalue weighted by atomic mass is 9.85. The quantitative estimate of drug-likeness (QED) is 0.779. The first-order valence-electron chi connectivity index (χ1n) is 6.74. The first kappa shape index (κ1) is 10.6. The molecule has 3 atom stereocenters. The van der Waals surface area contributed by atoms with Crippen LogP contribution in [0.2, 0.25) is 0 Å². The van der Waals surface area contributed by atoms with E-state index in [0.29, 0.717) is 5.91 Å². The first-order chi connectivity index (χ1) is 7.78. The normalized spacial score (nSPS) is 38.9. The van der Waals surface area contributed by atoms with Crippen LogP contribution in [-0.2, 0) is 4.79 Å². The van der Waals surface area contributed by atoms with Crippen LogP contribution in [0.1, 0.15) is 32.1 Å². The number of nitrogens with one attached hydrogen (secondary N) is 1. The Kier molecular flexibility index (Phi) is 2.66. The third-order valence-corrected chi connectivity index (χ3v) is 4.72. The maximum absolute atomic E-state index is 12.3. The zero-order chi connectivity index (χ0) is 11.1. The molecule has 16 heavy (non-hydrogen) atoms. The molecule has 1 heterocycles. The predicted octanol–water partition coefficient (Wildman–Crippen LogP) is 1.24. The van der Waals surface area contributed by atoms with Crippen LogP contribution in [0.3, 0.4) is 0 Å². The Morgan fingerprint density at radius 2 is 2.12 bits per heavy atom. The number of hydrogen-bond acceptors (Lipinski definition) is 2. The largest absolute Gasteiger partial charge is 0.341 e. The fourth-order valence-electron chi connectivity index (χ4n) is 3.21. The molecule has 0 bridgehead atoms. The molecule has 3 nitrogen and oxygen atoms in total. The molecule has 1 amide bonds. The average molecular weight is 222 g/mol. The van der Waals surface area contributed by atoms with Gasteiger partial charge in [-0.25, -0.2) is 0 Å². The molecule has 3 heteroatoms. The Hall–Kier alpha value is -0.570. The number of likely N-dealkylation sites (N-methyl/N-ethyl adjacent to an activating group) is 1. The van der Waals surface area contributed by atoms with Crippen LogP contribution in [-0.4, -0.2) is 37.0 Å². The fourth-order valence-corrected chi connectivity index (χ4v) is 3.21. The maximum Gasteiger partial charge on any atom is 0.239 e. The molecule has 2 saturated carbocycles. The van der Waals surface area contributed by atoms with Gasteiger partial charge in [0, 0.05) is 13.1 Å². The highest BCUT2D eigenvalue weighted by molar-refractivity contribution is 5.82. The summed E-state index contributed by atoms with van der Waals surface area (Å²) in [6, 6.07) is 0.0950. The molecule has 1 aliphatic heterocycles. The molecule has 1 saturated heterocycles. The second-order valence-corrected chi connectivity index (χ2v) is 5.87. The maximum atomic E-state index is 12.3. The van der Waals surface area contributed by atoms with Crippen molar-refractivity contribution in [3.8, 4) is 0 Å². The second kappa shape index (κ2) is 4.02. The minimum Gasteiger partial charge on any atom is -0.341 e. The van der Waals surface area contributed by atoms with Crippen molar-refractivity contribution in [1.29, 1.82) is 0 Å². The number of amides is 1. The molecule has 3 fully saturated rings. The zero-order valence-corrected chi connectivity index (χ0v) is 10.1. The molecule has 0 aromatic carbocycles. The molecule has 3 rings (SSSR count). The summed E-state index contributed by atoms with van der Waals surface area (Å²) >= 11 is 0. The lowest BCUT2D eigenvalue weighted by molar-refractivity contribution is -0.134. The summed E-state index contributed by atoms with van der Waals surface area (Å²) in [5, 5.41) is 3.20. The lowest BCUT2D eigenvalue weighted by Crippen LogP contribution is -2.47. The molecule has 90 valence electrons. The summed E-state index contributed by atoms with van der Waals surface area (Å²) in [4.78, 5) is 14.4. The highest BCUT2D eigenvalue weighted by Gasteiger charge is 2.45. The summed E-state index contributed by atoms with van der Waals surface area (Å²) < 4.78 is 0. The smallest absolute Gasteiger partial charge is 0.239 e. The molecule has 0 aromatic heterocycles. The van der Waals surface area contributed by atoms with E-state index >= 15 is 0 Å². The van der Waals surface area contributed by atoms with Crippen LogP contribution in [0.25, 0.3) is 0 Å². The van der Waals surface area contributed by atoms with Gasteiger partial charge in [-0.15, -0.1) is 0 Å². The Labute approximate surface area is 97.6 Å². The highest BCUT2D eigenvalue weighted by Crippen LogP contribution is 2.45. The van der Waals surface area contributed by atoms with Gasteiger partial charge in [-0.3, -0.25) is 4.79 Å². The van der Waals surface area contributed by atoms with Crippen molar-refractivity contribution in [1.82, 2.24) is 10.2 Å². The minimum absolute atomic E-state index is 0.0950. The van der Waals surface area contributed by atoms with Crippen LogP contribution in [0, 0.1) is 17.8 Å². The summed E-state index contributed by atoms with van der Waals surface area (Å²) in [5.41, 5.74) is 0. The summed E-state index contributed by atoms with van der Waals surface area (Å²) in [5.74, 6) is 2.81. The average Bonchev–Trinajstić information content (AvgIpc) is 2.95. The monoisotopic (exact) mass is 222 g/mol. The van der Waals surface area contributed by atoms with Crippen LogP contribution in [0.5, 0.6) is 0 Å². The predicted molar refractivity (Wildman–Crippen MR) is 63.0 cm³/mol. The van der Waals surface area contributed by atoms with Gasteiger partial charge in [0.1, 0.15) is 0 Å². The van der Waals surface area contributed by atoms with Gasteiger partial charge in [-0.1, -0.05) is 6.42 Å². The molecular formula is C13H22N2O. The van der Waals surface area contributed by atoms with Crippen molar-refractivity contribution in [3.63, 3.8) is 0 Å². The molecule has 0 radical (unpaired) electrons. The third kappa shape index (κ3) is 1.86. The van der Waals surface area contributed by atoms with Gasteiger partial charge in [-0.2, -0.15) is 0 Å². The highest BCUT2D eigenvalue weighted by atomic mass is 16.2. The number of hydrogen-bond donors (Lipinski definition) is 1. The molecular weight excluding hydrogens is 200 g/mol. The topological polar surface area (TPSA) is 32.3 Å². The van der Waals surface area contributed by atoms with Crippen molar-refractivity contribution in [2.24, 2.45) is 17.8 Å².